The first kappa shape index (κ1) is 10.6. The molecule has 1 saturated carbocycles. The number of hydrogen-bond acceptors (Lipinski definition) is 1. The molecule has 0 aliphatic heterocycles. The van der Waals surface area contributed by atoms with Crippen molar-refractivity contribution in [3.8, 4) is 0 Å². The summed E-state index contributed by atoms with van der Waals surface area (Å²) in [4.78, 5) is 10.6. The van der Waals surface area contributed by atoms with E-state index < -0.39 is 5.97 Å². The van der Waals surface area contributed by atoms with Crippen LogP contribution in [0, 0.1) is 10.8 Å². The van der Waals surface area contributed by atoms with Crippen molar-refractivity contribution in [1.29, 1.82) is 0 Å². The lowest BCUT2D eigenvalue weighted by molar-refractivity contribution is -0.140. The van der Waals surface area contributed by atoms with Crippen LogP contribution in [-0.4, -0.2) is 11.1 Å². The Bertz CT molecular complexity index is 196. The number of rotatable bonds is 2. The summed E-state index contributed by atoms with van der Waals surface area (Å²) in [5, 5.41) is 8.76. The molecule has 76 valence electrons. The number of aliphatic carboxylic acids is 1. The molecule has 0 saturated heterocycles. The quantitative estimate of drug-likeness (QED) is 0.716. The summed E-state index contributed by atoms with van der Waals surface area (Å²) in [5.41, 5.74) is 0.485. The molecule has 0 atom stereocenters. The normalized spacial score (nSPS) is 25.5. The minimum Gasteiger partial charge on any atom is -0.481 e. The van der Waals surface area contributed by atoms with Crippen LogP contribution in [0.5, 0.6) is 0 Å². The van der Waals surface area contributed by atoms with Crippen molar-refractivity contribution >= 4 is 5.97 Å². The molecule has 0 amide bonds. The zero-order valence-corrected chi connectivity index (χ0v) is 8.89. The fourth-order valence-electron chi connectivity index (χ4n) is 2.07. The second-order valence-electron chi connectivity index (χ2n) is 5.55. The smallest absolute Gasteiger partial charge is 0.303 e. The molecule has 0 aromatic carbocycles. The van der Waals surface area contributed by atoms with E-state index >= 15 is 0 Å². The van der Waals surface area contributed by atoms with Crippen molar-refractivity contribution in [2.75, 3.05) is 0 Å². The van der Waals surface area contributed by atoms with Gasteiger partial charge in [0.05, 0.1) is 6.42 Å². The first-order valence-electron chi connectivity index (χ1n) is 5.05. The Balaban J connectivity index is 2.51. The molecule has 1 rings (SSSR count). The molecule has 1 N–H and O–H groups in total. The van der Waals surface area contributed by atoms with Crippen molar-refractivity contribution in [3.63, 3.8) is 0 Å². The maximum absolute atomic E-state index is 10.6. The summed E-state index contributed by atoms with van der Waals surface area (Å²) in [7, 11) is 0. The van der Waals surface area contributed by atoms with Gasteiger partial charge in [0.2, 0.25) is 0 Å². The Morgan fingerprint density at radius 3 is 2.00 bits per heavy atom. The summed E-state index contributed by atoms with van der Waals surface area (Å²) in [6.07, 6.45) is 4.79. The molecule has 0 spiro atoms. The van der Waals surface area contributed by atoms with E-state index in [2.05, 4.69) is 20.8 Å². The van der Waals surface area contributed by atoms with Crippen molar-refractivity contribution < 1.29 is 9.90 Å². The second kappa shape index (κ2) is 3.32. The molecule has 1 aliphatic carbocycles. The van der Waals surface area contributed by atoms with Gasteiger partial charge in [0.15, 0.2) is 0 Å². The molecule has 2 nitrogen and oxygen atoms in total. The van der Waals surface area contributed by atoms with Crippen LogP contribution >= 0.6 is 0 Å². The first-order chi connectivity index (χ1) is 5.83. The topological polar surface area (TPSA) is 37.3 Å². The maximum Gasteiger partial charge on any atom is 0.303 e. The van der Waals surface area contributed by atoms with Crippen molar-refractivity contribution in [2.24, 2.45) is 10.8 Å². The second-order valence-corrected chi connectivity index (χ2v) is 5.55. The van der Waals surface area contributed by atoms with E-state index in [9.17, 15) is 4.79 Å². The maximum atomic E-state index is 10.6. The molecule has 0 heterocycles. The number of hydrogen-bond donors (Lipinski definition) is 1. The van der Waals surface area contributed by atoms with Crippen LogP contribution in [-0.2, 0) is 4.79 Å². The number of carboxylic acid groups (broad SMARTS) is 1. The van der Waals surface area contributed by atoms with E-state index in [0.717, 1.165) is 25.7 Å². The van der Waals surface area contributed by atoms with E-state index in [1.54, 1.807) is 0 Å². The Morgan fingerprint density at radius 1 is 1.15 bits per heavy atom. The third-order valence-corrected chi connectivity index (χ3v) is 3.39. The van der Waals surface area contributed by atoms with Crippen molar-refractivity contribution in [1.82, 2.24) is 0 Å². The number of carboxylic acids is 1. The number of carbonyl (C=O) groups is 1. The van der Waals surface area contributed by atoms with Gasteiger partial charge in [-0.05, 0) is 36.5 Å². The van der Waals surface area contributed by atoms with Gasteiger partial charge >= 0.3 is 5.97 Å². The molecular formula is C11H20O2. The van der Waals surface area contributed by atoms with E-state index in [4.69, 9.17) is 5.11 Å². The Labute approximate surface area is 80.3 Å². The minimum absolute atomic E-state index is 0.0569. The standard InChI is InChI=1S/C11H20O2/c1-10(2)4-6-11(3,7-5-10)8-9(12)13/h4-8H2,1-3H3,(H,12,13). The molecule has 0 bridgehead atoms. The molecule has 0 aromatic heterocycles. The van der Waals surface area contributed by atoms with Crippen LogP contribution < -0.4 is 0 Å². The predicted molar refractivity (Wildman–Crippen MR) is 52.6 cm³/mol. The van der Waals surface area contributed by atoms with Crippen LogP contribution in [0.15, 0.2) is 0 Å². The average molecular weight is 184 g/mol. The third kappa shape index (κ3) is 3.02. The van der Waals surface area contributed by atoms with Crippen molar-refractivity contribution in [2.45, 2.75) is 52.9 Å². The van der Waals surface area contributed by atoms with Gasteiger partial charge < -0.3 is 5.11 Å². The Morgan fingerprint density at radius 2 is 1.62 bits per heavy atom. The van der Waals surface area contributed by atoms with E-state index in [-0.39, 0.29) is 5.41 Å². The van der Waals surface area contributed by atoms with Gasteiger partial charge in [0, 0.05) is 0 Å². The SMILES string of the molecule is CC1(C)CCC(C)(CC(=O)O)CC1. The lowest BCUT2D eigenvalue weighted by Crippen LogP contribution is -2.30. The fourth-order valence-corrected chi connectivity index (χ4v) is 2.07. The molecule has 1 aliphatic rings. The van der Waals surface area contributed by atoms with E-state index in [0.29, 0.717) is 11.8 Å². The Kier molecular flexibility index (Phi) is 2.69. The monoisotopic (exact) mass is 184 g/mol. The largest absolute Gasteiger partial charge is 0.481 e. The van der Waals surface area contributed by atoms with Gasteiger partial charge in [0.25, 0.3) is 0 Å². The molecule has 0 unspecified atom stereocenters. The van der Waals surface area contributed by atoms with Gasteiger partial charge in [0.1, 0.15) is 0 Å². The van der Waals surface area contributed by atoms with Gasteiger partial charge in [-0.1, -0.05) is 20.8 Å². The molecule has 1 fully saturated rings. The molecular weight excluding hydrogens is 164 g/mol. The van der Waals surface area contributed by atoms with Crippen LogP contribution in [0.2, 0.25) is 0 Å². The zero-order chi connectivity index (χ0) is 10.1. The van der Waals surface area contributed by atoms with Gasteiger partial charge in [-0.25, -0.2) is 0 Å². The van der Waals surface area contributed by atoms with Gasteiger partial charge in [-0.15, -0.1) is 0 Å². The van der Waals surface area contributed by atoms with E-state index in [1.807, 2.05) is 0 Å². The molecule has 0 radical (unpaired) electrons. The summed E-state index contributed by atoms with van der Waals surface area (Å²) >= 11 is 0. The van der Waals surface area contributed by atoms with E-state index in [1.165, 1.54) is 0 Å². The lowest BCUT2D eigenvalue weighted by Gasteiger charge is -2.40. The van der Waals surface area contributed by atoms with Crippen LogP contribution in [0.1, 0.15) is 52.9 Å². The highest BCUT2D eigenvalue weighted by atomic mass is 16.4. The highest BCUT2D eigenvalue weighted by Crippen LogP contribution is 2.46. The predicted octanol–water partition coefficient (Wildman–Crippen LogP) is 3.07. The molecule has 0 aromatic rings. The minimum atomic E-state index is -0.651. The summed E-state index contributed by atoms with van der Waals surface area (Å²) < 4.78 is 0. The summed E-state index contributed by atoms with van der Waals surface area (Å²) in [6.45, 7) is 6.65. The highest BCUT2D eigenvalue weighted by molar-refractivity contribution is 5.67. The van der Waals surface area contributed by atoms with Crippen LogP contribution in [0.4, 0.5) is 0 Å². The first-order valence-corrected chi connectivity index (χ1v) is 5.05. The van der Waals surface area contributed by atoms with Crippen LogP contribution in [0.3, 0.4) is 0 Å². The van der Waals surface area contributed by atoms with Gasteiger partial charge in [-0.3, -0.25) is 4.79 Å². The Hall–Kier alpha value is -0.530. The molecule has 13 heavy (non-hydrogen) atoms. The summed E-state index contributed by atoms with van der Waals surface area (Å²) in [5.74, 6) is -0.651. The van der Waals surface area contributed by atoms with Crippen LogP contribution in [0.25, 0.3) is 0 Å². The van der Waals surface area contributed by atoms with Crippen molar-refractivity contribution in [3.05, 3.63) is 0 Å². The highest BCUT2D eigenvalue weighted by Gasteiger charge is 2.36. The third-order valence-electron chi connectivity index (χ3n) is 3.39. The molecule has 2 heteroatoms. The fraction of sp³-hybridized carbons (Fsp3) is 0.909. The summed E-state index contributed by atoms with van der Waals surface area (Å²) in [6, 6.07) is 0. The zero-order valence-electron chi connectivity index (χ0n) is 8.89. The average Bonchev–Trinajstić information content (AvgIpc) is 1.95. The van der Waals surface area contributed by atoms with Gasteiger partial charge in [-0.2, -0.15) is 0 Å². The lowest BCUT2D eigenvalue weighted by atomic mass is 9.65.